The molecular formula is C34H49N3O5. The fraction of sp³-hybridized carbons (Fsp3) is 0.559. The molecule has 0 aromatic heterocycles. The average molecular weight is 580 g/mol. The molecule has 3 rings (SSSR count). The number of hydrogen-bond acceptors (Lipinski definition) is 5. The Labute approximate surface area is 251 Å². The Bertz CT molecular complexity index is 1150. The maximum absolute atomic E-state index is 13.7. The van der Waals surface area contributed by atoms with Crippen LogP contribution < -0.4 is 15.4 Å². The van der Waals surface area contributed by atoms with Gasteiger partial charge in [-0.3, -0.25) is 4.79 Å². The molecule has 1 aliphatic rings. The first-order chi connectivity index (χ1) is 19.8. The van der Waals surface area contributed by atoms with Gasteiger partial charge in [-0.15, -0.1) is 0 Å². The largest absolute Gasteiger partial charge is 0.489 e. The van der Waals surface area contributed by atoms with Crippen LogP contribution in [0.1, 0.15) is 84.8 Å². The molecule has 0 spiro atoms. The van der Waals surface area contributed by atoms with Gasteiger partial charge in [0.1, 0.15) is 29.5 Å². The number of esters is 1. The van der Waals surface area contributed by atoms with Crippen molar-refractivity contribution in [3.63, 3.8) is 0 Å². The van der Waals surface area contributed by atoms with E-state index in [9.17, 15) is 14.4 Å². The summed E-state index contributed by atoms with van der Waals surface area (Å²) >= 11 is 0. The first-order valence-electron chi connectivity index (χ1n) is 15.2. The smallest absolute Gasteiger partial charge is 0.332 e. The molecule has 1 unspecified atom stereocenters. The number of nitrogens with one attached hydrogen (secondary N) is 2. The van der Waals surface area contributed by atoms with Gasteiger partial charge in [0.15, 0.2) is 0 Å². The van der Waals surface area contributed by atoms with E-state index in [2.05, 4.69) is 10.6 Å². The van der Waals surface area contributed by atoms with Crippen LogP contribution in [0, 0.1) is 5.92 Å². The van der Waals surface area contributed by atoms with Crippen LogP contribution in [-0.4, -0.2) is 53.1 Å². The summed E-state index contributed by atoms with van der Waals surface area (Å²) in [5.41, 5.74) is -0.194. The van der Waals surface area contributed by atoms with Gasteiger partial charge in [0, 0.05) is 19.5 Å². The van der Waals surface area contributed by atoms with Crippen molar-refractivity contribution in [2.45, 2.75) is 104 Å². The number of ether oxygens (including phenoxy) is 2. The van der Waals surface area contributed by atoms with E-state index in [-0.39, 0.29) is 18.4 Å². The molecule has 0 bridgehead atoms. The molecule has 1 heterocycles. The van der Waals surface area contributed by atoms with Crippen LogP contribution in [0.4, 0.5) is 4.79 Å². The molecule has 42 heavy (non-hydrogen) atoms. The molecule has 2 atom stereocenters. The number of carbonyl (C=O) groups excluding carboxylic acids is 3. The third-order valence-electron chi connectivity index (χ3n) is 7.19. The summed E-state index contributed by atoms with van der Waals surface area (Å²) in [4.78, 5) is 42.2. The molecule has 1 aliphatic heterocycles. The van der Waals surface area contributed by atoms with E-state index in [1.807, 2.05) is 68.4 Å². The number of benzene rings is 2. The summed E-state index contributed by atoms with van der Waals surface area (Å²) in [6.07, 6.45) is 4.79. The van der Waals surface area contributed by atoms with Crippen LogP contribution in [0.5, 0.6) is 5.75 Å². The Kier molecular flexibility index (Phi) is 11.8. The molecule has 3 amide bonds. The predicted octanol–water partition coefficient (Wildman–Crippen LogP) is 6.03. The molecule has 1 saturated heterocycles. The molecule has 0 aliphatic carbocycles. The van der Waals surface area contributed by atoms with Gasteiger partial charge in [0.2, 0.25) is 5.91 Å². The Morgan fingerprint density at radius 3 is 2.05 bits per heavy atom. The number of nitrogens with zero attached hydrogens (tertiary/aromatic N) is 1. The minimum Gasteiger partial charge on any atom is -0.489 e. The average Bonchev–Trinajstić information content (AvgIpc) is 3.21. The first kappa shape index (κ1) is 33.0. The number of carbonyl (C=O) groups is 3. The SMILES string of the molecule is CC(C)C[C@@H](NC(=O)N1CCCCCC1)C(=O)NC(C)(Cc1ccc(OCc2ccccc2)cc1)C(=O)OC(C)(C)C. The highest BCUT2D eigenvalue weighted by Crippen LogP contribution is 2.23. The van der Waals surface area contributed by atoms with Gasteiger partial charge in [-0.2, -0.15) is 0 Å². The third-order valence-corrected chi connectivity index (χ3v) is 7.19. The zero-order valence-corrected chi connectivity index (χ0v) is 26.2. The van der Waals surface area contributed by atoms with Gasteiger partial charge >= 0.3 is 12.0 Å². The maximum atomic E-state index is 13.7. The number of urea groups is 1. The molecule has 8 heteroatoms. The number of rotatable bonds is 11. The van der Waals surface area contributed by atoms with Gasteiger partial charge in [-0.05, 0) is 76.1 Å². The Balaban J connectivity index is 1.76. The summed E-state index contributed by atoms with van der Waals surface area (Å²) < 4.78 is 11.7. The summed E-state index contributed by atoms with van der Waals surface area (Å²) in [6, 6.07) is 16.4. The van der Waals surface area contributed by atoms with Crippen LogP contribution in [-0.2, 0) is 27.4 Å². The molecule has 230 valence electrons. The van der Waals surface area contributed by atoms with E-state index in [1.54, 1.807) is 32.6 Å². The second-order valence-electron chi connectivity index (χ2n) is 13.0. The molecule has 0 saturated carbocycles. The quantitative estimate of drug-likeness (QED) is 0.317. The lowest BCUT2D eigenvalue weighted by atomic mass is 9.91. The second-order valence-corrected chi connectivity index (χ2v) is 13.0. The summed E-state index contributed by atoms with van der Waals surface area (Å²) in [5, 5.41) is 5.93. The predicted molar refractivity (Wildman–Crippen MR) is 165 cm³/mol. The normalized spacial score (nSPS) is 16.1. The Morgan fingerprint density at radius 2 is 1.48 bits per heavy atom. The van der Waals surface area contributed by atoms with Crippen LogP contribution in [0.2, 0.25) is 0 Å². The monoisotopic (exact) mass is 579 g/mol. The van der Waals surface area contributed by atoms with E-state index in [0.29, 0.717) is 31.9 Å². The van der Waals surface area contributed by atoms with Gasteiger partial charge in [-0.25, -0.2) is 9.59 Å². The molecule has 8 nitrogen and oxygen atoms in total. The molecule has 2 aromatic rings. The fourth-order valence-electron chi connectivity index (χ4n) is 4.99. The zero-order chi connectivity index (χ0) is 30.8. The van der Waals surface area contributed by atoms with E-state index in [1.165, 1.54) is 0 Å². The standard InChI is InChI=1S/C34H49N3O5/c1-25(2)22-29(35-32(40)37-20-12-7-8-13-21-37)30(38)36-34(6,31(39)42-33(3,4)5)23-26-16-18-28(19-17-26)41-24-27-14-10-9-11-15-27/h9-11,14-19,25,29H,7-8,12-13,20-24H2,1-6H3,(H,35,40)(H,36,38)/t29-,34?/m1/s1. The molecular weight excluding hydrogens is 530 g/mol. The van der Waals surface area contributed by atoms with Gasteiger partial charge in [0.05, 0.1) is 0 Å². The Hall–Kier alpha value is -3.55. The fourth-order valence-corrected chi connectivity index (χ4v) is 4.99. The van der Waals surface area contributed by atoms with Crippen molar-refractivity contribution < 1.29 is 23.9 Å². The number of amides is 3. The van der Waals surface area contributed by atoms with Crippen LogP contribution in [0.15, 0.2) is 54.6 Å². The topological polar surface area (TPSA) is 97.0 Å². The minimum atomic E-state index is -1.36. The Morgan fingerprint density at radius 1 is 0.857 bits per heavy atom. The van der Waals surface area contributed by atoms with Crippen molar-refractivity contribution in [1.29, 1.82) is 0 Å². The molecule has 2 aromatic carbocycles. The van der Waals surface area contributed by atoms with Crippen LogP contribution in [0.25, 0.3) is 0 Å². The lowest BCUT2D eigenvalue weighted by molar-refractivity contribution is -0.164. The van der Waals surface area contributed by atoms with Gasteiger partial charge in [-0.1, -0.05) is 69.2 Å². The second kappa shape index (κ2) is 15.1. The van der Waals surface area contributed by atoms with E-state index < -0.39 is 29.1 Å². The van der Waals surface area contributed by atoms with Crippen molar-refractivity contribution in [3.05, 3.63) is 65.7 Å². The number of hydrogen-bond donors (Lipinski definition) is 2. The third kappa shape index (κ3) is 10.7. The van der Waals surface area contributed by atoms with Crippen molar-refractivity contribution in [3.8, 4) is 5.75 Å². The number of likely N-dealkylation sites (tertiary alicyclic amines) is 1. The van der Waals surface area contributed by atoms with E-state index >= 15 is 0 Å². The molecule has 2 N–H and O–H groups in total. The van der Waals surface area contributed by atoms with Gasteiger partial charge in [0.25, 0.3) is 0 Å². The van der Waals surface area contributed by atoms with Crippen molar-refractivity contribution in [2.24, 2.45) is 5.92 Å². The zero-order valence-electron chi connectivity index (χ0n) is 26.2. The van der Waals surface area contributed by atoms with Crippen molar-refractivity contribution in [1.82, 2.24) is 15.5 Å². The van der Waals surface area contributed by atoms with Crippen molar-refractivity contribution in [2.75, 3.05) is 13.1 Å². The maximum Gasteiger partial charge on any atom is 0.332 e. The van der Waals surface area contributed by atoms with E-state index in [0.717, 1.165) is 36.8 Å². The van der Waals surface area contributed by atoms with Crippen LogP contribution in [0.3, 0.4) is 0 Å². The lowest BCUT2D eigenvalue weighted by Crippen LogP contribution is -2.61. The van der Waals surface area contributed by atoms with Crippen LogP contribution >= 0.6 is 0 Å². The van der Waals surface area contributed by atoms with Crippen molar-refractivity contribution >= 4 is 17.9 Å². The summed E-state index contributed by atoms with van der Waals surface area (Å²) in [7, 11) is 0. The first-order valence-corrected chi connectivity index (χ1v) is 15.2. The molecule has 1 fully saturated rings. The highest BCUT2D eigenvalue weighted by molar-refractivity contribution is 5.92. The summed E-state index contributed by atoms with van der Waals surface area (Å²) in [6.45, 7) is 12.9. The highest BCUT2D eigenvalue weighted by atomic mass is 16.6. The minimum absolute atomic E-state index is 0.154. The highest BCUT2D eigenvalue weighted by Gasteiger charge is 2.40. The van der Waals surface area contributed by atoms with E-state index in [4.69, 9.17) is 9.47 Å². The molecule has 0 radical (unpaired) electrons. The lowest BCUT2D eigenvalue weighted by Gasteiger charge is -2.34. The summed E-state index contributed by atoms with van der Waals surface area (Å²) in [5.74, 6) is -0.0711. The van der Waals surface area contributed by atoms with Gasteiger partial charge < -0.3 is 25.0 Å².